The van der Waals surface area contributed by atoms with E-state index in [1.807, 2.05) is 49.6 Å². The first-order valence-electron chi connectivity index (χ1n) is 13.8. The lowest BCUT2D eigenvalue weighted by molar-refractivity contribution is -0.131. The van der Waals surface area contributed by atoms with Crippen LogP contribution in [0.5, 0.6) is 0 Å². The van der Waals surface area contributed by atoms with Gasteiger partial charge in [-0.1, -0.05) is 37.1 Å². The van der Waals surface area contributed by atoms with Crippen molar-refractivity contribution < 1.29 is 19.5 Å². The Kier molecular flexibility index (Phi) is 7.75. The van der Waals surface area contributed by atoms with Crippen LogP contribution < -0.4 is 10.6 Å². The first-order valence-corrected chi connectivity index (χ1v) is 13.8. The van der Waals surface area contributed by atoms with E-state index < -0.39 is 11.5 Å². The number of fused-ring (bicyclic) bond motifs is 1. The first kappa shape index (κ1) is 27.8. The molecule has 1 aliphatic rings. The largest absolute Gasteiger partial charge is 0.478 e. The van der Waals surface area contributed by atoms with E-state index in [9.17, 15) is 14.4 Å². The Morgan fingerprint density at radius 1 is 1.02 bits per heavy atom. The summed E-state index contributed by atoms with van der Waals surface area (Å²) in [5, 5.41) is 15.6. The Balaban J connectivity index is 1.37. The molecule has 3 N–H and O–H groups in total. The highest BCUT2D eigenvalue weighted by molar-refractivity contribution is 6.05. The van der Waals surface area contributed by atoms with Crippen LogP contribution in [0.25, 0.3) is 28.4 Å². The maximum Gasteiger partial charge on any atom is 0.328 e. The number of hydrogen-bond acceptors (Lipinski definition) is 4. The third-order valence-electron chi connectivity index (χ3n) is 7.75. The Hall–Kier alpha value is -4.72. The predicted molar refractivity (Wildman–Crippen MR) is 161 cm³/mol. The lowest BCUT2D eigenvalue weighted by atomic mass is 9.93. The normalized spacial score (nSPS) is 14.0. The van der Waals surface area contributed by atoms with Gasteiger partial charge in [0.15, 0.2) is 0 Å². The molecule has 0 saturated heterocycles. The summed E-state index contributed by atoms with van der Waals surface area (Å²) in [6, 6.07) is 18.5. The highest BCUT2D eigenvalue weighted by Crippen LogP contribution is 2.44. The van der Waals surface area contributed by atoms with Gasteiger partial charge in [-0.3, -0.25) is 14.6 Å². The fourth-order valence-electron chi connectivity index (χ4n) is 5.59. The van der Waals surface area contributed by atoms with Crippen LogP contribution >= 0.6 is 0 Å². The van der Waals surface area contributed by atoms with Crippen molar-refractivity contribution >= 4 is 40.4 Å². The maximum atomic E-state index is 13.4. The predicted octanol–water partition coefficient (Wildman–Crippen LogP) is 6.14. The minimum Gasteiger partial charge on any atom is -0.478 e. The number of anilines is 1. The summed E-state index contributed by atoms with van der Waals surface area (Å²) >= 11 is 0. The number of nitrogens with zero attached hydrogens (tertiary/aromatic N) is 2. The fraction of sp³-hybridized carbons (Fsp3) is 0.273. The van der Waals surface area contributed by atoms with Gasteiger partial charge in [-0.25, -0.2) is 4.79 Å². The summed E-state index contributed by atoms with van der Waals surface area (Å²) in [5.74, 6) is -1.29. The molecule has 210 valence electrons. The van der Waals surface area contributed by atoms with Gasteiger partial charge in [0.1, 0.15) is 5.54 Å². The lowest BCUT2D eigenvalue weighted by Gasteiger charge is -2.25. The number of aryl methyl sites for hydroxylation is 1. The minimum atomic E-state index is -1.20. The standard InChI is InChI=1S/C33H34N4O4/c1-33(2,32(41)35-24-15-11-21(12-16-24)13-18-28(38)39)36-31(40)23-14-17-25-27(20-23)37(3)30(26-10-6-7-19-34-26)29(25)22-8-4-5-9-22/h6-7,10-20,22H,4-5,8-9H2,1-3H3,(H,35,41)(H,36,40)(H,38,39)/b18-13+. The van der Waals surface area contributed by atoms with Gasteiger partial charge in [-0.05, 0) is 86.2 Å². The number of amides is 2. The average Bonchev–Trinajstić information content (AvgIpc) is 3.59. The van der Waals surface area contributed by atoms with Gasteiger partial charge in [0, 0.05) is 41.5 Å². The molecule has 0 unspecified atom stereocenters. The molecule has 1 aliphatic carbocycles. The fourth-order valence-corrected chi connectivity index (χ4v) is 5.59. The van der Waals surface area contributed by atoms with Gasteiger partial charge in [-0.2, -0.15) is 0 Å². The number of pyridine rings is 1. The molecule has 1 fully saturated rings. The average molecular weight is 551 g/mol. The van der Waals surface area contributed by atoms with Crippen LogP contribution in [0, 0.1) is 0 Å². The van der Waals surface area contributed by atoms with E-state index in [-0.39, 0.29) is 11.8 Å². The van der Waals surface area contributed by atoms with Crippen molar-refractivity contribution in [2.75, 3.05) is 5.32 Å². The molecule has 8 nitrogen and oxygen atoms in total. The third-order valence-corrected chi connectivity index (χ3v) is 7.75. The number of aromatic nitrogens is 2. The summed E-state index contributed by atoms with van der Waals surface area (Å²) in [6.07, 6.45) is 9.05. The highest BCUT2D eigenvalue weighted by Gasteiger charge is 2.31. The zero-order valence-electron chi connectivity index (χ0n) is 23.5. The molecule has 41 heavy (non-hydrogen) atoms. The van der Waals surface area contributed by atoms with Gasteiger partial charge in [0.05, 0.1) is 11.4 Å². The summed E-state index contributed by atoms with van der Waals surface area (Å²) in [4.78, 5) is 41.8. The van der Waals surface area contributed by atoms with Crippen LogP contribution in [0.4, 0.5) is 5.69 Å². The van der Waals surface area contributed by atoms with E-state index in [0.29, 0.717) is 22.7 Å². The molecule has 5 rings (SSSR count). The molecular formula is C33H34N4O4. The Labute approximate surface area is 239 Å². The topological polar surface area (TPSA) is 113 Å². The van der Waals surface area contributed by atoms with E-state index in [1.54, 1.807) is 38.1 Å². The van der Waals surface area contributed by atoms with Crippen molar-refractivity contribution in [1.29, 1.82) is 0 Å². The molecule has 4 aromatic rings. The number of rotatable bonds is 8. The van der Waals surface area contributed by atoms with Crippen LogP contribution in [-0.2, 0) is 16.6 Å². The van der Waals surface area contributed by atoms with Crippen LogP contribution in [0.1, 0.15) is 66.9 Å². The number of nitrogens with one attached hydrogen (secondary N) is 2. The summed E-state index contributed by atoms with van der Waals surface area (Å²) in [5.41, 5.74) is 4.77. The van der Waals surface area contributed by atoms with Crippen LogP contribution in [0.15, 0.2) is 72.9 Å². The minimum absolute atomic E-state index is 0.343. The molecule has 0 spiro atoms. The molecule has 2 heterocycles. The summed E-state index contributed by atoms with van der Waals surface area (Å²) in [6.45, 7) is 3.31. The van der Waals surface area contributed by atoms with Crippen molar-refractivity contribution in [3.05, 3.63) is 89.6 Å². The number of benzene rings is 2. The van der Waals surface area contributed by atoms with Crippen LogP contribution in [0.2, 0.25) is 0 Å². The number of carbonyl (C=O) groups is 3. The second-order valence-corrected chi connectivity index (χ2v) is 11.1. The smallest absolute Gasteiger partial charge is 0.328 e. The molecule has 2 aromatic heterocycles. The zero-order valence-corrected chi connectivity index (χ0v) is 23.5. The monoisotopic (exact) mass is 550 g/mol. The number of carboxylic acid groups (broad SMARTS) is 1. The van der Waals surface area contributed by atoms with Crippen molar-refractivity contribution in [2.45, 2.75) is 51.0 Å². The molecule has 8 heteroatoms. The second kappa shape index (κ2) is 11.4. The molecule has 1 saturated carbocycles. The highest BCUT2D eigenvalue weighted by atomic mass is 16.4. The Morgan fingerprint density at radius 3 is 2.41 bits per heavy atom. The van der Waals surface area contributed by atoms with Gasteiger partial charge in [0.2, 0.25) is 5.91 Å². The van der Waals surface area contributed by atoms with Crippen LogP contribution in [0.3, 0.4) is 0 Å². The summed E-state index contributed by atoms with van der Waals surface area (Å²) < 4.78 is 2.13. The van der Waals surface area contributed by atoms with Crippen molar-refractivity contribution in [3.8, 4) is 11.4 Å². The van der Waals surface area contributed by atoms with E-state index in [4.69, 9.17) is 5.11 Å². The van der Waals surface area contributed by atoms with E-state index in [0.717, 1.165) is 41.2 Å². The lowest BCUT2D eigenvalue weighted by Crippen LogP contribution is -2.52. The molecule has 0 radical (unpaired) electrons. The van der Waals surface area contributed by atoms with Gasteiger partial charge in [-0.15, -0.1) is 0 Å². The van der Waals surface area contributed by atoms with Crippen molar-refractivity contribution in [2.24, 2.45) is 7.05 Å². The number of carboxylic acids is 1. The van der Waals surface area contributed by atoms with Gasteiger partial charge in [0.25, 0.3) is 5.91 Å². The Bertz CT molecular complexity index is 1630. The molecule has 0 aliphatic heterocycles. The quantitative estimate of drug-likeness (QED) is 0.228. The molecule has 2 aromatic carbocycles. The Morgan fingerprint density at radius 2 is 1.76 bits per heavy atom. The van der Waals surface area contributed by atoms with Crippen molar-refractivity contribution in [3.63, 3.8) is 0 Å². The molecule has 0 atom stereocenters. The van der Waals surface area contributed by atoms with Crippen molar-refractivity contribution in [1.82, 2.24) is 14.9 Å². The van der Waals surface area contributed by atoms with Gasteiger partial charge < -0.3 is 20.3 Å². The molecular weight excluding hydrogens is 516 g/mol. The molecule has 2 amide bonds. The first-order chi connectivity index (χ1) is 19.6. The van der Waals surface area contributed by atoms with Crippen LogP contribution in [-0.4, -0.2) is 38.0 Å². The molecule has 0 bridgehead atoms. The second-order valence-electron chi connectivity index (χ2n) is 11.1. The third kappa shape index (κ3) is 5.91. The zero-order chi connectivity index (χ0) is 29.1. The number of hydrogen-bond donors (Lipinski definition) is 3. The van der Waals surface area contributed by atoms with E-state index >= 15 is 0 Å². The maximum absolute atomic E-state index is 13.4. The SMILES string of the molecule is Cn1c(-c2ccccn2)c(C2CCCC2)c2ccc(C(=O)NC(C)(C)C(=O)Nc3ccc(/C=C/C(=O)O)cc3)cc21. The number of carbonyl (C=O) groups excluding carboxylic acids is 2. The summed E-state index contributed by atoms with van der Waals surface area (Å²) in [7, 11) is 2.02. The van der Waals surface area contributed by atoms with Gasteiger partial charge >= 0.3 is 5.97 Å². The number of aliphatic carboxylic acids is 1. The van der Waals surface area contributed by atoms with E-state index in [2.05, 4.69) is 20.2 Å². The van der Waals surface area contributed by atoms with E-state index in [1.165, 1.54) is 24.5 Å².